The Bertz CT molecular complexity index is 654. The summed E-state index contributed by atoms with van der Waals surface area (Å²) in [5.41, 5.74) is 0. The lowest BCUT2D eigenvalue weighted by Crippen LogP contribution is -2.53. The van der Waals surface area contributed by atoms with E-state index in [0.717, 1.165) is 76.1 Å². The van der Waals surface area contributed by atoms with E-state index in [1.54, 1.807) is 6.26 Å². The minimum atomic E-state index is 0. The van der Waals surface area contributed by atoms with E-state index in [0.29, 0.717) is 0 Å². The molecule has 1 fully saturated rings. The minimum Gasteiger partial charge on any atom is -0.469 e. The van der Waals surface area contributed by atoms with E-state index < -0.39 is 0 Å². The van der Waals surface area contributed by atoms with Crippen molar-refractivity contribution < 1.29 is 4.42 Å². The molecule has 0 atom stereocenters. The van der Waals surface area contributed by atoms with Gasteiger partial charge in [0, 0.05) is 51.9 Å². The summed E-state index contributed by atoms with van der Waals surface area (Å²) in [6.07, 6.45) is 6.74. The Balaban J connectivity index is 0.00000261. The molecule has 1 aliphatic heterocycles. The van der Waals surface area contributed by atoms with Gasteiger partial charge >= 0.3 is 0 Å². The summed E-state index contributed by atoms with van der Waals surface area (Å²) in [6, 6.07) is 10.0. The predicted molar refractivity (Wildman–Crippen MR) is 121 cm³/mol. The highest BCUT2D eigenvalue weighted by Gasteiger charge is 2.20. The number of piperazine rings is 1. The fraction of sp³-hybridized carbons (Fsp3) is 0.500. The maximum absolute atomic E-state index is 5.42. The first-order valence-corrected chi connectivity index (χ1v) is 9.58. The Hall–Kier alpha value is -1.77. The van der Waals surface area contributed by atoms with Gasteiger partial charge in [-0.15, -0.1) is 24.0 Å². The number of furan rings is 1. The van der Waals surface area contributed by atoms with Crippen LogP contribution in [-0.2, 0) is 6.42 Å². The van der Waals surface area contributed by atoms with Crippen molar-refractivity contribution in [3.8, 4) is 0 Å². The van der Waals surface area contributed by atoms with Crippen LogP contribution in [0.4, 0.5) is 5.82 Å². The second-order valence-corrected chi connectivity index (χ2v) is 6.48. The number of nitrogens with one attached hydrogen (secondary N) is 1. The van der Waals surface area contributed by atoms with Gasteiger partial charge < -0.3 is 19.5 Å². The second kappa shape index (κ2) is 11.8. The van der Waals surface area contributed by atoms with Crippen LogP contribution < -0.4 is 10.2 Å². The van der Waals surface area contributed by atoms with Crippen LogP contribution in [0.2, 0.25) is 0 Å². The van der Waals surface area contributed by atoms with Crippen molar-refractivity contribution in [2.75, 3.05) is 44.2 Å². The zero-order valence-corrected chi connectivity index (χ0v) is 18.3. The van der Waals surface area contributed by atoms with E-state index in [9.17, 15) is 0 Å². The van der Waals surface area contributed by atoms with Gasteiger partial charge in [-0.25, -0.2) is 4.98 Å². The first-order chi connectivity index (χ1) is 12.9. The number of guanidine groups is 1. The summed E-state index contributed by atoms with van der Waals surface area (Å²) in [4.78, 5) is 14.0. The largest absolute Gasteiger partial charge is 0.469 e. The van der Waals surface area contributed by atoms with Crippen molar-refractivity contribution in [1.29, 1.82) is 0 Å². The average Bonchev–Trinajstić information content (AvgIpc) is 3.21. The first-order valence-electron chi connectivity index (χ1n) is 9.58. The van der Waals surface area contributed by atoms with Crippen LogP contribution in [0.1, 0.15) is 25.5 Å². The Morgan fingerprint density at radius 1 is 1.19 bits per heavy atom. The molecule has 0 radical (unpaired) electrons. The van der Waals surface area contributed by atoms with Crippen LogP contribution in [0.25, 0.3) is 0 Å². The third kappa shape index (κ3) is 6.71. The van der Waals surface area contributed by atoms with Gasteiger partial charge in [-0.3, -0.25) is 4.99 Å². The van der Waals surface area contributed by atoms with Crippen LogP contribution in [-0.4, -0.2) is 55.1 Å². The topological polar surface area (TPSA) is 56.9 Å². The Morgan fingerprint density at radius 3 is 2.70 bits per heavy atom. The van der Waals surface area contributed by atoms with E-state index in [4.69, 9.17) is 9.41 Å². The zero-order valence-electron chi connectivity index (χ0n) is 16.0. The zero-order chi connectivity index (χ0) is 18.0. The molecule has 2 aromatic heterocycles. The molecule has 1 saturated heterocycles. The number of aromatic nitrogens is 1. The number of halogens is 1. The van der Waals surface area contributed by atoms with Crippen molar-refractivity contribution in [1.82, 2.24) is 15.2 Å². The third-order valence-electron chi connectivity index (χ3n) is 4.56. The molecule has 0 unspecified atom stereocenters. The molecule has 0 aliphatic carbocycles. The SMILES string of the molecule is CCCCN=C(NCCc1ccco1)N1CCN(c2ccccn2)CC1.I. The van der Waals surface area contributed by atoms with Crippen LogP contribution in [0, 0.1) is 0 Å². The van der Waals surface area contributed by atoms with Gasteiger partial charge in [0.2, 0.25) is 0 Å². The van der Waals surface area contributed by atoms with Crippen LogP contribution in [0.15, 0.2) is 52.2 Å². The number of aliphatic imine (C=N–C) groups is 1. The molecule has 2 aromatic rings. The summed E-state index contributed by atoms with van der Waals surface area (Å²) < 4.78 is 5.42. The average molecular weight is 483 g/mol. The number of unbranched alkanes of at least 4 members (excludes halogenated alkanes) is 1. The van der Waals surface area contributed by atoms with E-state index in [2.05, 4.69) is 33.1 Å². The van der Waals surface area contributed by atoms with Gasteiger partial charge in [-0.2, -0.15) is 0 Å². The van der Waals surface area contributed by atoms with Crippen molar-refractivity contribution in [2.24, 2.45) is 4.99 Å². The smallest absolute Gasteiger partial charge is 0.194 e. The van der Waals surface area contributed by atoms with Gasteiger partial charge in [-0.1, -0.05) is 19.4 Å². The highest BCUT2D eigenvalue weighted by Crippen LogP contribution is 2.12. The molecular formula is C20H30IN5O. The number of nitrogens with zero attached hydrogens (tertiary/aromatic N) is 4. The molecule has 3 rings (SSSR count). The van der Waals surface area contributed by atoms with Crippen LogP contribution in [0.5, 0.6) is 0 Å². The van der Waals surface area contributed by atoms with Crippen LogP contribution >= 0.6 is 24.0 Å². The van der Waals surface area contributed by atoms with Gasteiger partial charge in [0.05, 0.1) is 6.26 Å². The molecule has 6 nitrogen and oxygen atoms in total. The number of pyridine rings is 1. The summed E-state index contributed by atoms with van der Waals surface area (Å²) in [6.45, 7) is 7.74. The maximum Gasteiger partial charge on any atom is 0.194 e. The fourth-order valence-corrected chi connectivity index (χ4v) is 3.05. The van der Waals surface area contributed by atoms with E-state index in [-0.39, 0.29) is 24.0 Å². The number of anilines is 1. The van der Waals surface area contributed by atoms with E-state index >= 15 is 0 Å². The predicted octanol–water partition coefficient (Wildman–Crippen LogP) is 3.40. The molecule has 0 amide bonds. The molecule has 0 bridgehead atoms. The summed E-state index contributed by atoms with van der Waals surface area (Å²) in [7, 11) is 0. The van der Waals surface area contributed by atoms with E-state index in [1.165, 1.54) is 0 Å². The fourth-order valence-electron chi connectivity index (χ4n) is 3.05. The van der Waals surface area contributed by atoms with Crippen molar-refractivity contribution in [2.45, 2.75) is 26.2 Å². The summed E-state index contributed by atoms with van der Waals surface area (Å²) in [5, 5.41) is 3.52. The molecular weight excluding hydrogens is 453 g/mol. The monoisotopic (exact) mass is 483 g/mol. The lowest BCUT2D eigenvalue weighted by Gasteiger charge is -2.37. The van der Waals surface area contributed by atoms with Crippen molar-refractivity contribution in [3.05, 3.63) is 48.6 Å². The van der Waals surface area contributed by atoms with Crippen LogP contribution in [0.3, 0.4) is 0 Å². The Kier molecular flexibility index (Phi) is 9.44. The quantitative estimate of drug-likeness (QED) is 0.283. The molecule has 148 valence electrons. The Morgan fingerprint density at radius 2 is 2.04 bits per heavy atom. The number of hydrogen-bond donors (Lipinski definition) is 1. The summed E-state index contributed by atoms with van der Waals surface area (Å²) in [5.74, 6) is 3.08. The first kappa shape index (κ1) is 21.5. The van der Waals surface area contributed by atoms with Gasteiger partial charge in [0.15, 0.2) is 5.96 Å². The Labute approximate surface area is 179 Å². The highest BCUT2D eigenvalue weighted by atomic mass is 127. The standard InChI is InChI=1S/C20H29N5O.HI/c1-2-3-10-22-20(23-12-9-18-7-6-17-26-18)25-15-13-24(14-16-25)19-8-4-5-11-21-19;/h4-8,11,17H,2-3,9-10,12-16H2,1H3,(H,22,23);1H. The molecule has 27 heavy (non-hydrogen) atoms. The summed E-state index contributed by atoms with van der Waals surface area (Å²) >= 11 is 0. The van der Waals surface area contributed by atoms with E-state index in [1.807, 2.05) is 30.5 Å². The normalized spacial score (nSPS) is 14.8. The lowest BCUT2D eigenvalue weighted by atomic mass is 10.3. The molecule has 1 aliphatic rings. The minimum absolute atomic E-state index is 0. The molecule has 0 saturated carbocycles. The second-order valence-electron chi connectivity index (χ2n) is 6.48. The maximum atomic E-state index is 5.42. The molecule has 1 N–H and O–H groups in total. The number of hydrogen-bond acceptors (Lipinski definition) is 4. The lowest BCUT2D eigenvalue weighted by molar-refractivity contribution is 0.370. The van der Waals surface area contributed by atoms with Gasteiger partial charge in [-0.05, 0) is 30.7 Å². The van der Waals surface area contributed by atoms with Crippen molar-refractivity contribution >= 4 is 35.8 Å². The number of rotatable bonds is 7. The molecule has 0 spiro atoms. The van der Waals surface area contributed by atoms with Gasteiger partial charge in [0.25, 0.3) is 0 Å². The molecule has 3 heterocycles. The molecule has 7 heteroatoms. The highest BCUT2D eigenvalue weighted by molar-refractivity contribution is 14.0. The van der Waals surface area contributed by atoms with Crippen molar-refractivity contribution in [3.63, 3.8) is 0 Å². The molecule has 0 aromatic carbocycles. The third-order valence-corrected chi connectivity index (χ3v) is 4.56. The van der Waals surface area contributed by atoms with Gasteiger partial charge in [0.1, 0.15) is 11.6 Å².